The molecule has 122 valence electrons. The summed E-state index contributed by atoms with van der Waals surface area (Å²) in [5.41, 5.74) is 1.67. The third-order valence-corrected chi connectivity index (χ3v) is 4.61. The van der Waals surface area contributed by atoms with Gasteiger partial charge in [-0.25, -0.2) is 4.68 Å². The van der Waals surface area contributed by atoms with Crippen molar-refractivity contribution in [3.63, 3.8) is 0 Å². The molecule has 0 spiro atoms. The molecule has 3 aromatic rings. The number of rotatable bonds is 4. The Hall–Kier alpha value is -1.66. The fourth-order valence-corrected chi connectivity index (χ4v) is 2.89. The zero-order valence-electron chi connectivity index (χ0n) is 12.2. The molecule has 0 atom stereocenters. The minimum absolute atomic E-state index is 0.455. The van der Waals surface area contributed by atoms with Crippen LogP contribution in [0, 0.1) is 4.77 Å². The van der Waals surface area contributed by atoms with E-state index in [9.17, 15) is 0 Å². The van der Waals surface area contributed by atoms with Crippen molar-refractivity contribution < 1.29 is 0 Å². The molecule has 0 aliphatic heterocycles. The lowest BCUT2D eigenvalue weighted by Crippen LogP contribution is -2.03. The van der Waals surface area contributed by atoms with Gasteiger partial charge in [-0.2, -0.15) is 14.9 Å². The van der Waals surface area contributed by atoms with Crippen LogP contribution in [-0.2, 0) is 6.54 Å². The third-order valence-electron chi connectivity index (χ3n) is 3.28. The van der Waals surface area contributed by atoms with Crippen molar-refractivity contribution in [1.29, 1.82) is 0 Å². The number of nitrogens with zero attached hydrogens (tertiary/aromatic N) is 4. The second-order valence-electron chi connectivity index (χ2n) is 4.92. The first kappa shape index (κ1) is 17.2. The monoisotopic (exact) mass is 396 g/mol. The molecule has 0 saturated heterocycles. The molecular weight excluding hydrogens is 387 g/mol. The van der Waals surface area contributed by atoms with Gasteiger partial charge in [-0.3, -0.25) is 0 Å². The van der Waals surface area contributed by atoms with E-state index in [2.05, 4.69) is 10.2 Å². The van der Waals surface area contributed by atoms with Crippen LogP contribution in [0.15, 0.2) is 53.9 Å². The number of halogens is 3. The standard InChI is InChI=1S/C16H11Cl3N4S/c17-13-6-5-11(15(19)7-13)8-20-23-10-21-22(16(23)24)9-12-3-1-2-4-14(12)18/h1-8,10H,9H2/b20-8-. The molecule has 0 saturated carbocycles. The summed E-state index contributed by atoms with van der Waals surface area (Å²) in [4.78, 5) is 0. The molecule has 1 aromatic heterocycles. The SMILES string of the molecule is S=c1n(/N=C\c2ccc(Cl)cc2Cl)cnn1Cc1ccccc1Cl. The van der Waals surface area contributed by atoms with E-state index in [0.29, 0.717) is 26.4 Å². The molecule has 0 unspecified atom stereocenters. The Morgan fingerprint density at radius 1 is 1.08 bits per heavy atom. The van der Waals surface area contributed by atoms with Gasteiger partial charge in [-0.15, -0.1) is 0 Å². The first-order valence-corrected chi connectivity index (χ1v) is 8.46. The van der Waals surface area contributed by atoms with Gasteiger partial charge in [0.15, 0.2) is 0 Å². The van der Waals surface area contributed by atoms with Crippen molar-refractivity contribution in [3.8, 4) is 0 Å². The smallest absolute Gasteiger partial charge is 0.219 e. The van der Waals surface area contributed by atoms with Gasteiger partial charge in [0.2, 0.25) is 4.77 Å². The summed E-state index contributed by atoms with van der Waals surface area (Å²) in [5.74, 6) is 0. The van der Waals surface area contributed by atoms with E-state index in [4.69, 9.17) is 47.0 Å². The van der Waals surface area contributed by atoms with Crippen LogP contribution in [0.25, 0.3) is 0 Å². The van der Waals surface area contributed by atoms with E-state index in [-0.39, 0.29) is 0 Å². The van der Waals surface area contributed by atoms with E-state index < -0.39 is 0 Å². The van der Waals surface area contributed by atoms with E-state index >= 15 is 0 Å². The highest BCUT2D eigenvalue weighted by atomic mass is 35.5. The highest BCUT2D eigenvalue weighted by Crippen LogP contribution is 2.19. The summed E-state index contributed by atoms with van der Waals surface area (Å²) < 4.78 is 3.60. The van der Waals surface area contributed by atoms with Gasteiger partial charge in [-0.05, 0) is 36.0 Å². The Morgan fingerprint density at radius 3 is 2.62 bits per heavy atom. The summed E-state index contributed by atoms with van der Waals surface area (Å²) in [6.45, 7) is 0.475. The normalized spacial score (nSPS) is 11.3. The minimum atomic E-state index is 0.455. The molecule has 3 rings (SSSR count). The second kappa shape index (κ2) is 7.49. The van der Waals surface area contributed by atoms with Crippen LogP contribution in [0.5, 0.6) is 0 Å². The summed E-state index contributed by atoms with van der Waals surface area (Å²) in [7, 11) is 0. The molecule has 0 bridgehead atoms. The second-order valence-corrected chi connectivity index (χ2v) is 6.53. The zero-order chi connectivity index (χ0) is 17.1. The van der Waals surface area contributed by atoms with Crippen molar-refractivity contribution in [2.24, 2.45) is 5.10 Å². The zero-order valence-corrected chi connectivity index (χ0v) is 15.3. The lowest BCUT2D eigenvalue weighted by Gasteiger charge is -2.03. The molecule has 2 aromatic carbocycles. The fourth-order valence-electron chi connectivity index (χ4n) is 2.03. The Bertz CT molecular complexity index is 962. The van der Waals surface area contributed by atoms with E-state index in [1.54, 1.807) is 35.4 Å². The molecule has 0 fully saturated rings. The molecule has 4 nitrogen and oxygen atoms in total. The summed E-state index contributed by atoms with van der Waals surface area (Å²) in [6, 6.07) is 12.7. The van der Waals surface area contributed by atoms with Gasteiger partial charge in [0.05, 0.1) is 17.8 Å². The van der Waals surface area contributed by atoms with Crippen LogP contribution in [0.3, 0.4) is 0 Å². The number of benzene rings is 2. The highest BCUT2D eigenvalue weighted by molar-refractivity contribution is 7.71. The summed E-state index contributed by atoms with van der Waals surface area (Å²) >= 11 is 23.6. The lowest BCUT2D eigenvalue weighted by atomic mass is 10.2. The quantitative estimate of drug-likeness (QED) is 0.442. The average molecular weight is 398 g/mol. The van der Waals surface area contributed by atoms with Gasteiger partial charge in [0.1, 0.15) is 6.33 Å². The molecular formula is C16H11Cl3N4S. The first-order chi connectivity index (χ1) is 11.5. The third kappa shape index (κ3) is 3.87. The number of hydrogen-bond acceptors (Lipinski definition) is 3. The Kier molecular flexibility index (Phi) is 5.36. The van der Waals surface area contributed by atoms with E-state index in [0.717, 1.165) is 11.1 Å². The first-order valence-electron chi connectivity index (χ1n) is 6.92. The van der Waals surface area contributed by atoms with Crippen LogP contribution < -0.4 is 0 Å². The van der Waals surface area contributed by atoms with Gasteiger partial charge in [0, 0.05) is 15.6 Å². The van der Waals surface area contributed by atoms with Gasteiger partial charge >= 0.3 is 0 Å². The molecule has 24 heavy (non-hydrogen) atoms. The van der Waals surface area contributed by atoms with Crippen LogP contribution in [0.4, 0.5) is 0 Å². The Labute approximate surface area is 158 Å². The highest BCUT2D eigenvalue weighted by Gasteiger charge is 2.05. The maximum Gasteiger partial charge on any atom is 0.219 e. The van der Waals surface area contributed by atoms with Crippen LogP contribution >= 0.6 is 47.0 Å². The molecule has 0 amide bonds. The van der Waals surface area contributed by atoms with Crippen LogP contribution in [0.1, 0.15) is 11.1 Å². The molecule has 8 heteroatoms. The van der Waals surface area contributed by atoms with E-state index in [1.165, 1.54) is 4.68 Å². The maximum atomic E-state index is 6.17. The predicted molar refractivity (Wildman–Crippen MR) is 101 cm³/mol. The van der Waals surface area contributed by atoms with Crippen molar-refractivity contribution >= 4 is 53.2 Å². The van der Waals surface area contributed by atoms with Gasteiger partial charge in [0.25, 0.3) is 0 Å². The van der Waals surface area contributed by atoms with Crippen molar-refractivity contribution in [2.75, 3.05) is 0 Å². The average Bonchev–Trinajstić information content (AvgIpc) is 2.89. The Morgan fingerprint density at radius 2 is 1.88 bits per heavy atom. The van der Waals surface area contributed by atoms with Crippen molar-refractivity contribution in [2.45, 2.75) is 6.54 Å². The molecule has 0 aliphatic carbocycles. The topological polar surface area (TPSA) is 35.1 Å². The molecule has 0 aliphatic rings. The minimum Gasteiger partial charge on any atom is -0.232 e. The van der Waals surface area contributed by atoms with Gasteiger partial charge < -0.3 is 0 Å². The largest absolute Gasteiger partial charge is 0.232 e. The molecule has 0 N–H and O–H groups in total. The number of aromatic nitrogens is 3. The number of hydrogen-bond donors (Lipinski definition) is 0. The van der Waals surface area contributed by atoms with Crippen molar-refractivity contribution in [3.05, 3.63) is 79.8 Å². The lowest BCUT2D eigenvalue weighted by molar-refractivity contribution is 0.666. The summed E-state index contributed by atoms with van der Waals surface area (Å²) in [6.07, 6.45) is 3.15. The molecule has 0 radical (unpaired) electrons. The molecule has 1 heterocycles. The van der Waals surface area contributed by atoms with Crippen molar-refractivity contribution in [1.82, 2.24) is 14.5 Å². The summed E-state index contributed by atoms with van der Waals surface area (Å²) in [5, 5.41) is 10.3. The van der Waals surface area contributed by atoms with Gasteiger partial charge in [-0.1, -0.05) is 59.1 Å². The van der Waals surface area contributed by atoms with Crippen LogP contribution in [0.2, 0.25) is 15.1 Å². The maximum absolute atomic E-state index is 6.17. The fraction of sp³-hybridized carbons (Fsp3) is 0.0625. The Balaban J connectivity index is 1.84. The predicted octanol–water partition coefficient (Wildman–Crippen LogP) is 5.30. The van der Waals surface area contributed by atoms with E-state index in [1.807, 2.05) is 24.3 Å². The van der Waals surface area contributed by atoms with Crippen LogP contribution in [-0.4, -0.2) is 20.7 Å².